The van der Waals surface area contributed by atoms with Crippen molar-refractivity contribution >= 4 is 5.91 Å². The van der Waals surface area contributed by atoms with Crippen molar-refractivity contribution in [2.24, 2.45) is 5.92 Å². The zero-order chi connectivity index (χ0) is 15.9. The van der Waals surface area contributed by atoms with Crippen LogP contribution >= 0.6 is 0 Å². The van der Waals surface area contributed by atoms with Gasteiger partial charge in [-0.2, -0.15) is 0 Å². The van der Waals surface area contributed by atoms with Crippen molar-refractivity contribution in [3.8, 4) is 0 Å². The third-order valence-electron chi connectivity index (χ3n) is 3.82. The molecule has 0 aromatic heterocycles. The van der Waals surface area contributed by atoms with Crippen LogP contribution in [0.2, 0.25) is 0 Å². The predicted molar refractivity (Wildman–Crippen MR) is 79.3 cm³/mol. The Morgan fingerprint density at radius 1 is 1.50 bits per heavy atom. The van der Waals surface area contributed by atoms with Crippen LogP contribution in [0.4, 0.5) is 8.78 Å². The first-order valence-electron chi connectivity index (χ1n) is 7.66. The smallest absolute Gasteiger partial charge is 0.246 e. The molecule has 1 amide bonds. The molecule has 4 nitrogen and oxygen atoms in total. The molecule has 22 heavy (non-hydrogen) atoms. The Balaban J connectivity index is 2.16. The van der Waals surface area contributed by atoms with Gasteiger partial charge < -0.3 is 15.4 Å². The number of amides is 1. The Morgan fingerprint density at radius 2 is 2.32 bits per heavy atom. The number of nitrogens with one attached hydrogen (secondary N) is 2. The summed E-state index contributed by atoms with van der Waals surface area (Å²) in [7, 11) is 0. The molecule has 0 aliphatic carbocycles. The number of rotatable bonds is 6. The molecule has 2 N–H and O–H groups in total. The minimum absolute atomic E-state index is 0.0134. The molecular weight excluding hydrogens is 290 g/mol. The van der Waals surface area contributed by atoms with Gasteiger partial charge in [0.25, 0.3) is 0 Å². The molecule has 6 heteroatoms. The number of benzene rings is 1. The van der Waals surface area contributed by atoms with Crippen molar-refractivity contribution in [3.05, 3.63) is 35.4 Å². The van der Waals surface area contributed by atoms with Crippen molar-refractivity contribution in [3.63, 3.8) is 0 Å². The van der Waals surface area contributed by atoms with E-state index in [0.29, 0.717) is 13.1 Å². The van der Waals surface area contributed by atoms with E-state index in [1.54, 1.807) is 0 Å². The first kappa shape index (κ1) is 16.8. The lowest BCUT2D eigenvalue weighted by atomic mass is 9.89. The quantitative estimate of drug-likeness (QED) is 0.846. The van der Waals surface area contributed by atoms with Crippen LogP contribution in [-0.4, -0.2) is 32.1 Å². The van der Waals surface area contributed by atoms with Crippen LogP contribution in [0.25, 0.3) is 0 Å². The van der Waals surface area contributed by atoms with E-state index in [1.165, 1.54) is 12.1 Å². The first-order chi connectivity index (χ1) is 10.6. The number of hydrogen-bond acceptors (Lipinski definition) is 3. The first-order valence-corrected chi connectivity index (χ1v) is 7.66. The summed E-state index contributed by atoms with van der Waals surface area (Å²) in [6, 6.07) is 4.07. The Morgan fingerprint density at radius 3 is 3.00 bits per heavy atom. The Labute approximate surface area is 129 Å². The highest BCUT2D eigenvalue weighted by Gasteiger charge is 2.29. The second-order valence-corrected chi connectivity index (χ2v) is 5.43. The number of hydrogen-bond donors (Lipinski definition) is 2. The molecule has 1 unspecified atom stereocenters. The van der Waals surface area contributed by atoms with Gasteiger partial charge in [0, 0.05) is 24.6 Å². The Bertz CT molecular complexity index is 505. The van der Waals surface area contributed by atoms with Crippen molar-refractivity contribution in [2.45, 2.75) is 25.9 Å². The third kappa shape index (κ3) is 4.24. The van der Waals surface area contributed by atoms with Gasteiger partial charge in [-0.05, 0) is 32.4 Å². The van der Waals surface area contributed by atoms with Crippen molar-refractivity contribution in [1.29, 1.82) is 0 Å². The molecule has 0 bridgehead atoms. The van der Waals surface area contributed by atoms with Crippen LogP contribution in [-0.2, 0) is 9.53 Å². The van der Waals surface area contributed by atoms with Crippen LogP contribution in [0.1, 0.15) is 31.4 Å². The monoisotopic (exact) mass is 312 g/mol. The maximum absolute atomic E-state index is 14.1. The molecule has 1 saturated heterocycles. The standard InChI is InChI=1S/C16H22F2N2O2/c1-2-20-14(21)10-22-16(11-5-4-8-19-9-11)12-6-3-7-13(17)15(12)18/h3,6-7,11,16,19H,2,4-5,8-10H2,1H3,(H,20,21)/t11-,16?/m1/s1. The highest BCUT2D eigenvalue weighted by atomic mass is 19.2. The molecule has 0 spiro atoms. The normalized spacial score (nSPS) is 19.7. The SMILES string of the molecule is CCNC(=O)COC(c1cccc(F)c1F)[C@@H]1CCCNC1. The Kier molecular flexibility index (Phi) is 6.27. The van der Waals surface area contributed by atoms with Gasteiger partial charge >= 0.3 is 0 Å². The minimum atomic E-state index is -0.895. The number of piperidine rings is 1. The number of ether oxygens (including phenoxy) is 1. The van der Waals surface area contributed by atoms with E-state index < -0.39 is 17.7 Å². The molecule has 1 aromatic rings. The molecule has 2 rings (SSSR count). The van der Waals surface area contributed by atoms with E-state index in [4.69, 9.17) is 4.74 Å². The molecule has 0 saturated carbocycles. The number of carbonyl (C=O) groups is 1. The van der Waals surface area contributed by atoms with Gasteiger partial charge in [-0.3, -0.25) is 4.79 Å². The van der Waals surface area contributed by atoms with Crippen LogP contribution in [0, 0.1) is 17.6 Å². The second-order valence-electron chi connectivity index (χ2n) is 5.43. The van der Waals surface area contributed by atoms with Crippen LogP contribution in [0.15, 0.2) is 18.2 Å². The molecule has 1 aliphatic rings. The van der Waals surface area contributed by atoms with Gasteiger partial charge in [0.1, 0.15) is 6.61 Å². The summed E-state index contributed by atoms with van der Waals surface area (Å²) in [5, 5.41) is 5.87. The highest BCUT2D eigenvalue weighted by Crippen LogP contribution is 2.32. The summed E-state index contributed by atoms with van der Waals surface area (Å²) < 4.78 is 33.3. The zero-order valence-corrected chi connectivity index (χ0v) is 12.7. The van der Waals surface area contributed by atoms with E-state index in [-0.39, 0.29) is 24.0 Å². The van der Waals surface area contributed by atoms with E-state index in [1.807, 2.05) is 6.92 Å². The van der Waals surface area contributed by atoms with Crippen molar-refractivity contribution in [2.75, 3.05) is 26.2 Å². The summed E-state index contributed by atoms with van der Waals surface area (Å²) in [5.41, 5.74) is 0.179. The number of carbonyl (C=O) groups excluding carboxylic acids is 1. The van der Waals surface area contributed by atoms with E-state index in [2.05, 4.69) is 10.6 Å². The fourth-order valence-corrected chi connectivity index (χ4v) is 2.77. The van der Waals surface area contributed by atoms with Crippen LogP contribution in [0.3, 0.4) is 0 Å². The lowest BCUT2D eigenvalue weighted by Gasteiger charge is -2.31. The average Bonchev–Trinajstić information content (AvgIpc) is 2.53. The fourth-order valence-electron chi connectivity index (χ4n) is 2.77. The number of likely N-dealkylation sites (N-methyl/N-ethyl adjacent to an activating group) is 1. The topological polar surface area (TPSA) is 50.4 Å². The molecule has 2 atom stereocenters. The zero-order valence-electron chi connectivity index (χ0n) is 12.7. The molecule has 1 aliphatic heterocycles. The Hall–Kier alpha value is -1.53. The van der Waals surface area contributed by atoms with Gasteiger partial charge in [0.15, 0.2) is 11.6 Å². The average molecular weight is 312 g/mol. The van der Waals surface area contributed by atoms with Crippen molar-refractivity contribution in [1.82, 2.24) is 10.6 Å². The lowest BCUT2D eigenvalue weighted by Crippen LogP contribution is -2.36. The van der Waals surface area contributed by atoms with E-state index in [9.17, 15) is 13.6 Å². The summed E-state index contributed by atoms with van der Waals surface area (Å²) in [6.45, 7) is 3.73. The lowest BCUT2D eigenvalue weighted by molar-refractivity contribution is -0.129. The third-order valence-corrected chi connectivity index (χ3v) is 3.82. The number of halogens is 2. The van der Waals surface area contributed by atoms with Gasteiger partial charge in [0.05, 0.1) is 6.10 Å². The molecule has 1 fully saturated rings. The summed E-state index contributed by atoms with van der Waals surface area (Å²) in [6.07, 6.45) is 1.16. The summed E-state index contributed by atoms with van der Waals surface area (Å²) in [4.78, 5) is 11.6. The van der Waals surface area contributed by atoms with Crippen LogP contribution < -0.4 is 10.6 Å². The summed E-state index contributed by atoms with van der Waals surface area (Å²) >= 11 is 0. The second kappa shape index (κ2) is 8.19. The maximum Gasteiger partial charge on any atom is 0.246 e. The highest BCUT2D eigenvalue weighted by molar-refractivity contribution is 5.77. The van der Waals surface area contributed by atoms with Gasteiger partial charge in [0.2, 0.25) is 5.91 Å². The molecule has 122 valence electrons. The van der Waals surface area contributed by atoms with Gasteiger partial charge in [-0.25, -0.2) is 8.78 Å². The van der Waals surface area contributed by atoms with Gasteiger partial charge in [-0.15, -0.1) is 0 Å². The molecule has 1 aromatic carbocycles. The van der Waals surface area contributed by atoms with Crippen molar-refractivity contribution < 1.29 is 18.3 Å². The fraction of sp³-hybridized carbons (Fsp3) is 0.562. The van der Waals surface area contributed by atoms with Gasteiger partial charge in [-0.1, -0.05) is 12.1 Å². The summed E-state index contributed by atoms with van der Waals surface area (Å²) in [5.74, 6) is -2.03. The molecular formula is C16H22F2N2O2. The molecule has 1 heterocycles. The largest absolute Gasteiger partial charge is 0.363 e. The van der Waals surface area contributed by atoms with Crippen LogP contribution in [0.5, 0.6) is 0 Å². The maximum atomic E-state index is 14.1. The van der Waals surface area contributed by atoms with E-state index >= 15 is 0 Å². The van der Waals surface area contributed by atoms with E-state index in [0.717, 1.165) is 25.5 Å². The predicted octanol–water partition coefficient (Wildman–Crippen LogP) is 2.16. The molecule has 0 radical (unpaired) electrons. The minimum Gasteiger partial charge on any atom is -0.363 e.